The summed E-state index contributed by atoms with van der Waals surface area (Å²) in [5.74, 6) is 2.72. The number of hydrogen-bond donors (Lipinski definition) is 1. The number of likely N-dealkylation sites (tertiary alicyclic amines) is 1. The van der Waals surface area contributed by atoms with Gasteiger partial charge in [-0.3, -0.25) is 4.90 Å². The van der Waals surface area contributed by atoms with Gasteiger partial charge in [0.25, 0.3) is 0 Å². The SMILES string of the molecule is CCOc1ccc(-c2nc(CN3CCC(C(O)c4cccs4)CC3)c(C)o2)cc1. The molecule has 1 atom stereocenters. The normalized spacial score (nSPS) is 16.8. The fraction of sp³-hybridized carbons (Fsp3) is 0.435. The third-order valence-electron chi connectivity index (χ3n) is 5.59. The molecule has 1 aliphatic rings. The van der Waals surface area contributed by atoms with E-state index in [-0.39, 0.29) is 6.10 Å². The minimum Gasteiger partial charge on any atom is -0.494 e. The van der Waals surface area contributed by atoms with Gasteiger partial charge in [-0.05, 0) is 81.4 Å². The molecule has 1 saturated heterocycles. The Balaban J connectivity index is 1.36. The van der Waals surface area contributed by atoms with Crippen LogP contribution in [0.2, 0.25) is 0 Å². The van der Waals surface area contributed by atoms with Crippen LogP contribution < -0.4 is 4.74 Å². The van der Waals surface area contributed by atoms with Crippen molar-refractivity contribution in [3.8, 4) is 17.2 Å². The molecule has 1 aromatic carbocycles. The molecule has 2 aromatic heterocycles. The van der Waals surface area contributed by atoms with Crippen LogP contribution in [0.4, 0.5) is 0 Å². The number of benzene rings is 1. The predicted octanol–water partition coefficient (Wildman–Crippen LogP) is 5.06. The van der Waals surface area contributed by atoms with Crippen molar-refractivity contribution in [1.82, 2.24) is 9.88 Å². The summed E-state index contributed by atoms with van der Waals surface area (Å²) in [6.45, 7) is 7.34. The van der Waals surface area contributed by atoms with E-state index in [4.69, 9.17) is 14.1 Å². The number of ether oxygens (including phenoxy) is 1. The molecule has 1 unspecified atom stereocenters. The van der Waals surface area contributed by atoms with Crippen molar-refractivity contribution in [1.29, 1.82) is 0 Å². The van der Waals surface area contributed by atoms with Gasteiger partial charge in [0, 0.05) is 17.0 Å². The monoisotopic (exact) mass is 412 g/mol. The Morgan fingerprint density at radius 1 is 1.24 bits per heavy atom. The molecule has 29 heavy (non-hydrogen) atoms. The zero-order valence-electron chi connectivity index (χ0n) is 17.0. The number of oxazole rings is 1. The first kappa shape index (κ1) is 20.1. The van der Waals surface area contributed by atoms with Gasteiger partial charge in [0.2, 0.25) is 5.89 Å². The van der Waals surface area contributed by atoms with Gasteiger partial charge < -0.3 is 14.3 Å². The molecule has 0 aliphatic carbocycles. The van der Waals surface area contributed by atoms with Crippen molar-refractivity contribution in [2.24, 2.45) is 5.92 Å². The van der Waals surface area contributed by atoms with Crippen LogP contribution in [-0.4, -0.2) is 34.7 Å². The second-order valence-corrected chi connectivity index (χ2v) is 8.53. The van der Waals surface area contributed by atoms with Crippen LogP contribution in [0.1, 0.15) is 42.2 Å². The Morgan fingerprint density at radius 3 is 2.66 bits per heavy atom. The molecule has 1 N–H and O–H groups in total. The molecule has 1 aliphatic heterocycles. The smallest absolute Gasteiger partial charge is 0.226 e. The molecule has 0 bridgehead atoms. The molecular weight excluding hydrogens is 384 g/mol. The number of aliphatic hydroxyl groups is 1. The first-order valence-electron chi connectivity index (χ1n) is 10.3. The van der Waals surface area contributed by atoms with Crippen molar-refractivity contribution in [3.05, 3.63) is 58.1 Å². The molecule has 0 radical (unpaired) electrons. The Morgan fingerprint density at radius 2 is 2.00 bits per heavy atom. The largest absolute Gasteiger partial charge is 0.494 e. The van der Waals surface area contributed by atoms with E-state index in [2.05, 4.69) is 4.90 Å². The van der Waals surface area contributed by atoms with E-state index in [9.17, 15) is 5.11 Å². The molecule has 3 aromatic rings. The van der Waals surface area contributed by atoms with Gasteiger partial charge in [-0.15, -0.1) is 11.3 Å². The van der Waals surface area contributed by atoms with E-state index in [0.717, 1.165) is 60.1 Å². The average molecular weight is 413 g/mol. The lowest BCUT2D eigenvalue weighted by molar-refractivity contribution is 0.0586. The third kappa shape index (κ3) is 4.71. The lowest BCUT2D eigenvalue weighted by atomic mass is 9.90. The minimum atomic E-state index is -0.336. The van der Waals surface area contributed by atoms with Crippen molar-refractivity contribution < 1.29 is 14.3 Å². The zero-order valence-corrected chi connectivity index (χ0v) is 17.8. The number of thiophene rings is 1. The number of rotatable bonds is 7. The highest BCUT2D eigenvalue weighted by Gasteiger charge is 2.27. The number of aliphatic hydroxyl groups excluding tert-OH is 1. The van der Waals surface area contributed by atoms with Gasteiger partial charge in [0.1, 0.15) is 11.5 Å². The fourth-order valence-corrected chi connectivity index (χ4v) is 4.69. The molecule has 0 spiro atoms. The van der Waals surface area contributed by atoms with E-state index in [1.165, 1.54) is 0 Å². The number of hydrogen-bond acceptors (Lipinski definition) is 6. The molecule has 4 rings (SSSR count). The summed E-state index contributed by atoms with van der Waals surface area (Å²) in [7, 11) is 0. The van der Waals surface area contributed by atoms with Crippen LogP contribution in [0.3, 0.4) is 0 Å². The standard InChI is InChI=1S/C23H28N2O3S/c1-3-27-19-8-6-18(7-9-19)23-24-20(16(2)28-23)15-25-12-10-17(11-13-25)22(26)21-5-4-14-29-21/h4-9,14,17,22,26H,3,10-13,15H2,1-2H3. The van der Waals surface area contributed by atoms with Crippen molar-refractivity contribution in [3.63, 3.8) is 0 Å². The van der Waals surface area contributed by atoms with Gasteiger partial charge >= 0.3 is 0 Å². The van der Waals surface area contributed by atoms with E-state index in [0.29, 0.717) is 18.4 Å². The Kier molecular flexibility index (Phi) is 6.33. The molecule has 1 fully saturated rings. The van der Waals surface area contributed by atoms with Crippen LogP contribution in [0.25, 0.3) is 11.5 Å². The summed E-state index contributed by atoms with van der Waals surface area (Å²) in [6.07, 6.45) is 1.67. The number of piperidine rings is 1. The fourth-order valence-electron chi connectivity index (χ4n) is 3.89. The number of aromatic nitrogens is 1. The highest BCUT2D eigenvalue weighted by molar-refractivity contribution is 7.10. The molecule has 3 heterocycles. The van der Waals surface area contributed by atoms with Crippen LogP contribution in [0, 0.1) is 12.8 Å². The van der Waals surface area contributed by atoms with E-state index in [1.807, 2.05) is 55.6 Å². The van der Waals surface area contributed by atoms with Crippen molar-refractivity contribution in [2.75, 3.05) is 19.7 Å². The Bertz CT molecular complexity index is 897. The van der Waals surface area contributed by atoms with Gasteiger partial charge in [-0.25, -0.2) is 4.98 Å². The summed E-state index contributed by atoms with van der Waals surface area (Å²) in [5.41, 5.74) is 1.95. The Labute approximate surface area is 176 Å². The second kappa shape index (κ2) is 9.11. The first-order valence-corrected chi connectivity index (χ1v) is 11.2. The van der Waals surface area contributed by atoms with Crippen molar-refractivity contribution in [2.45, 2.75) is 39.3 Å². The highest BCUT2D eigenvalue weighted by atomic mass is 32.1. The van der Waals surface area contributed by atoms with E-state index >= 15 is 0 Å². The molecule has 0 amide bonds. The molecule has 5 nitrogen and oxygen atoms in total. The van der Waals surface area contributed by atoms with Gasteiger partial charge in [0.05, 0.1) is 18.4 Å². The molecule has 0 saturated carbocycles. The van der Waals surface area contributed by atoms with Crippen LogP contribution in [0.5, 0.6) is 5.75 Å². The highest BCUT2D eigenvalue weighted by Crippen LogP contribution is 2.33. The van der Waals surface area contributed by atoms with E-state index < -0.39 is 0 Å². The minimum absolute atomic E-state index is 0.336. The maximum absolute atomic E-state index is 10.6. The van der Waals surface area contributed by atoms with Crippen LogP contribution in [-0.2, 0) is 6.54 Å². The molecular formula is C23H28N2O3S. The lowest BCUT2D eigenvalue weighted by Crippen LogP contribution is -2.35. The lowest BCUT2D eigenvalue weighted by Gasteiger charge is -2.33. The summed E-state index contributed by atoms with van der Waals surface area (Å²) >= 11 is 1.64. The summed E-state index contributed by atoms with van der Waals surface area (Å²) in [4.78, 5) is 8.23. The molecule has 6 heteroatoms. The predicted molar refractivity (Wildman–Crippen MR) is 115 cm³/mol. The zero-order chi connectivity index (χ0) is 20.2. The maximum atomic E-state index is 10.6. The first-order chi connectivity index (χ1) is 14.1. The van der Waals surface area contributed by atoms with Gasteiger partial charge in [0.15, 0.2) is 0 Å². The number of nitrogens with zero attached hydrogens (tertiary/aromatic N) is 2. The summed E-state index contributed by atoms with van der Waals surface area (Å²) in [6, 6.07) is 11.9. The quantitative estimate of drug-likeness (QED) is 0.588. The van der Waals surface area contributed by atoms with Crippen LogP contribution in [0.15, 0.2) is 46.2 Å². The third-order valence-corrected chi connectivity index (χ3v) is 6.53. The summed E-state index contributed by atoms with van der Waals surface area (Å²) < 4.78 is 11.4. The Hall–Kier alpha value is -2.15. The van der Waals surface area contributed by atoms with Crippen LogP contribution >= 0.6 is 11.3 Å². The van der Waals surface area contributed by atoms with Gasteiger partial charge in [-0.1, -0.05) is 6.07 Å². The summed E-state index contributed by atoms with van der Waals surface area (Å²) in [5, 5.41) is 12.6. The van der Waals surface area contributed by atoms with E-state index in [1.54, 1.807) is 11.3 Å². The van der Waals surface area contributed by atoms with Gasteiger partial charge in [-0.2, -0.15) is 0 Å². The van der Waals surface area contributed by atoms with Crippen molar-refractivity contribution >= 4 is 11.3 Å². The molecule has 154 valence electrons. The topological polar surface area (TPSA) is 58.7 Å². The maximum Gasteiger partial charge on any atom is 0.226 e. The average Bonchev–Trinajstić information content (AvgIpc) is 3.40. The second-order valence-electron chi connectivity index (χ2n) is 7.55. The number of aryl methyl sites for hydroxylation is 1.